The van der Waals surface area contributed by atoms with E-state index >= 15 is 0 Å². The monoisotopic (exact) mass is 356 g/mol. The van der Waals surface area contributed by atoms with E-state index in [2.05, 4.69) is 17.3 Å². The van der Waals surface area contributed by atoms with E-state index in [1.807, 2.05) is 52.1 Å². The molecule has 1 aromatic carbocycles. The van der Waals surface area contributed by atoms with E-state index in [1.165, 1.54) is 0 Å². The number of nitrogens with zero attached hydrogens (tertiary/aromatic N) is 3. The van der Waals surface area contributed by atoms with Crippen LogP contribution in [0, 0.1) is 12.8 Å². The summed E-state index contributed by atoms with van der Waals surface area (Å²) in [6.07, 6.45) is 3.85. The first-order chi connectivity index (χ1) is 12.3. The van der Waals surface area contributed by atoms with Crippen LogP contribution in [0.1, 0.15) is 49.7 Å². The highest BCUT2D eigenvalue weighted by Gasteiger charge is 2.14. The molecular formula is C20H28N4O2. The molecule has 140 valence electrons. The summed E-state index contributed by atoms with van der Waals surface area (Å²) in [6, 6.07) is 7.34. The van der Waals surface area contributed by atoms with E-state index in [9.17, 15) is 9.59 Å². The number of benzene rings is 1. The fourth-order valence-corrected chi connectivity index (χ4v) is 2.47. The first-order valence-corrected chi connectivity index (χ1v) is 9.06. The van der Waals surface area contributed by atoms with Gasteiger partial charge in [0.05, 0.1) is 23.3 Å². The molecule has 1 aromatic heterocycles. The van der Waals surface area contributed by atoms with Gasteiger partial charge in [0.2, 0.25) is 5.91 Å². The number of carbonyl (C=O) groups excluding carboxylic acids is 2. The fourth-order valence-electron chi connectivity index (χ4n) is 2.47. The second-order valence-electron chi connectivity index (χ2n) is 6.84. The van der Waals surface area contributed by atoms with Crippen molar-refractivity contribution in [3.63, 3.8) is 0 Å². The fraction of sp³-hybridized carbons (Fsp3) is 0.450. The Morgan fingerprint density at radius 1 is 1.23 bits per heavy atom. The average Bonchev–Trinajstić information content (AvgIpc) is 2.99. The predicted octanol–water partition coefficient (Wildman–Crippen LogP) is 3.65. The maximum atomic E-state index is 12.4. The summed E-state index contributed by atoms with van der Waals surface area (Å²) in [5.74, 6) is -0.108. The minimum absolute atomic E-state index is 0.0199. The molecule has 0 aliphatic carbocycles. The number of unbranched alkanes of at least 4 members (excludes halogenated alkanes) is 1. The summed E-state index contributed by atoms with van der Waals surface area (Å²) in [5.41, 5.74) is 2.94. The van der Waals surface area contributed by atoms with Gasteiger partial charge in [-0.25, -0.2) is 4.68 Å². The standard InChI is InChI=1S/C20H28N4O2/c1-6-7-12-23(5)20(26)16-8-10-17(11-9-16)24-13-18(15(4)22-24)21-19(25)14(2)3/h8-11,13-14H,6-7,12H2,1-5H3,(H,21,25). The summed E-state index contributed by atoms with van der Waals surface area (Å²) < 4.78 is 1.71. The van der Waals surface area contributed by atoms with Crippen LogP contribution in [0.2, 0.25) is 0 Å². The molecule has 0 spiro atoms. The Hall–Kier alpha value is -2.63. The molecular weight excluding hydrogens is 328 g/mol. The predicted molar refractivity (Wildman–Crippen MR) is 104 cm³/mol. The Labute approximate surface area is 155 Å². The van der Waals surface area contributed by atoms with Crippen molar-refractivity contribution in [2.24, 2.45) is 5.92 Å². The topological polar surface area (TPSA) is 67.2 Å². The second kappa shape index (κ2) is 8.65. The van der Waals surface area contributed by atoms with Crippen LogP contribution in [0.25, 0.3) is 5.69 Å². The van der Waals surface area contributed by atoms with E-state index in [-0.39, 0.29) is 17.7 Å². The molecule has 0 aliphatic heterocycles. The molecule has 6 heteroatoms. The number of aromatic nitrogens is 2. The lowest BCUT2D eigenvalue weighted by Gasteiger charge is -2.16. The number of aryl methyl sites for hydroxylation is 1. The van der Waals surface area contributed by atoms with Crippen molar-refractivity contribution < 1.29 is 9.59 Å². The van der Waals surface area contributed by atoms with Gasteiger partial charge < -0.3 is 10.2 Å². The summed E-state index contributed by atoms with van der Waals surface area (Å²) in [6.45, 7) is 8.42. The van der Waals surface area contributed by atoms with Gasteiger partial charge in [-0.2, -0.15) is 5.10 Å². The van der Waals surface area contributed by atoms with Crippen LogP contribution < -0.4 is 5.32 Å². The third kappa shape index (κ3) is 4.71. The third-order valence-corrected chi connectivity index (χ3v) is 4.25. The Balaban J connectivity index is 2.13. The summed E-state index contributed by atoms with van der Waals surface area (Å²) in [7, 11) is 1.83. The lowest BCUT2D eigenvalue weighted by Crippen LogP contribution is -2.27. The maximum Gasteiger partial charge on any atom is 0.253 e. The van der Waals surface area contributed by atoms with Crippen molar-refractivity contribution in [3.8, 4) is 5.69 Å². The molecule has 1 N–H and O–H groups in total. The lowest BCUT2D eigenvalue weighted by molar-refractivity contribution is -0.118. The van der Waals surface area contributed by atoms with Crippen LogP contribution >= 0.6 is 0 Å². The second-order valence-corrected chi connectivity index (χ2v) is 6.84. The number of carbonyl (C=O) groups is 2. The summed E-state index contributed by atoms with van der Waals surface area (Å²) in [5, 5.41) is 7.33. The van der Waals surface area contributed by atoms with E-state index in [4.69, 9.17) is 0 Å². The van der Waals surface area contributed by atoms with Crippen molar-refractivity contribution in [2.75, 3.05) is 18.9 Å². The number of hydrogen-bond acceptors (Lipinski definition) is 3. The van der Waals surface area contributed by atoms with E-state index in [0.29, 0.717) is 11.3 Å². The Kier molecular flexibility index (Phi) is 6.55. The van der Waals surface area contributed by atoms with Crippen molar-refractivity contribution in [1.29, 1.82) is 0 Å². The molecule has 6 nitrogen and oxygen atoms in total. The summed E-state index contributed by atoms with van der Waals surface area (Å²) >= 11 is 0. The third-order valence-electron chi connectivity index (χ3n) is 4.25. The summed E-state index contributed by atoms with van der Waals surface area (Å²) in [4.78, 5) is 26.0. The highest BCUT2D eigenvalue weighted by molar-refractivity contribution is 5.94. The van der Waals surface area contributed by atoms with E-state index in [1.54, 1.807) is 15.8 Å². The minimum atomic E-state index is -0.0901. The van der Waals surface area contributed by atoms with Gasteiger partial charge >= 0.3 is 0 Å². The molecule has 0 atom stereocenters. The number of hydrogen-bond donors (Lipinski definition) is 1. The SMILES string of the molecule is CCCCN(C)C(=O)c1ccc(-n2cc(NC(=O)C(C)C)c(C)n2)cc1. The normalized spacial score (nSPS) is 10.8. The van der Waals surface area contributed by atoms with E-state index in [0.717, 1.165) is 30.8 Å². The van der Waals surface area contributed by atoms with Gasteiger partial charge in [-0.05, 0) is 37.6 Å². The van der Waals surface area contributed by atoms with Gasteiger partial charge in [0.1, 0.15) is 0 Å². The van der Waals surface area contributed by atoms with Gasteiger partial charge in [0.15, 0.2) is 0 Å². The van der Waals surface area contributed by atoms with Crippen LogP contribution in [0.3, 0.4) is 0 Å². The van der Waals surface area contributed by atoms with Crippen LogP contribution in [0.15, 0.2) is 30.5 Å². The number of rotatable bonds is 7. The molecule has 1 heterocycles. The van der Waals surface area contributed by atoms with Crippen LogP contribution in [0.4, 0.5) is 5.69 Å². The largest absolute Gasteiger partial charge is 0.342 e. The molecule has 2 amide bonds. The smallest absolute Gasteiger partial charge is 0.253 e. The molecule has 0 fully saturated rings. The van der Waals surface area contributed by atoms with Crippen LogP contribution in [0.5, 0.6) is 0 Å². The molecule has 2 rings (SSSR count). The maximum absolute atomic E-state index is 12.4. The van der Waals surface area contributed by atoms with Crippen LogP contribution in [-0.2, 0) is 4.79 Å². The van der Waals surface area contributed by atoms with Gasteiger partial charge in [0.25, 0.3) is 5.91 Å². The molecule has 26 heavy (non-hydrogen) atoms. The average molecular weight is 356 g/mol. The first-order valence-electron chi connectivity index (χ1n) is 9.06. The number of anilines is 1. The number of amides is 2. The van der Waals surface area contributed by atoms with Crippen LogP contribution in [-0.4, -0.2) is 40.1 Å². The van der Waals surface area contributed by atoms with Crippen molar-refractivity contribution in [1.82, 2.24) is 14.7 Å². The lowest BCUT2D eigenvalue weighted by atomic mass is 10.1. The van der Waals surface area contributed by atoms with E-state index < -0.39 is 0 Å². The molecule has 0 bridgehead atoms. The molecule has 2 aromatic rings. The molecule has 0 aliphatic rings. The molecule has 0 unspecified atom stereocenters. The Bertz CT molecular complexity index is 763. The van der Waals surface area contributed by atoms with Gasteiger partial charge in [-0.15, -0.1) is 0 Å². The quantitative estimate of drug-likeness (QED) is 0.823. The molecule has 0 saturated carbocycles. The zero-order chi connectivity index (χ0) is 19.3. The van der Waals surface area contributed by atoms with Gasteiger partial charge in [-0.1, -0.05) is 27.2 Å². The minimum Gasteiger partial charge on any atom is -0.342 e. The van der Waals surface area contributed by atoms with Gasteiger partial charge in [0, 0.05) is 25.1 Å². The number of nitrogens with one attached hydrogen (secondary N) is 1. The Morgan fingerprint density at radius 2 is 1.88 bits per heavy atom. The molecule has 0 radical (unpaired) electrons. The Morgan fingerprint density at radius 3 is 2.46 bits per heavy atom. The zero-order valence-electron chi connectivity index (χ0n) is 16.2. The van der Waals surface area contributed by atoms with Crippen molar-refractivity contribution >= 4 is 17.5 Å². The van der Waals surface area contributed by atoms with Crippen molar-refractivity contribution in [3.05, 3.63) is 41.7 Å². The highest BCUT2D eigenvalue weighted by atomic mass is 16.2. The zero-order valence-corrected chi connectivity index (χ0v) is 16.2. The van der Waals surface area contributed by atoms with Crippen molar-refractivity contribution in [2.45, 2.75) is 40.5 Å². The highest BCUT2D eigenvalue weighted by Crippen LogP contribution is 2.18. The van der Waals surface area contributed by atoms with Gasteiger partial charge in [-0.3, -0.25) is 9.59 Å². The first kappa shape index (κ1) is 19.7. The molecule has 0 saturated heterocycles.